The molecule has 3 nitrogen and oxygen atoms in total. The van der Waals surface area contributed by atoms with Gasteiger partial charge in [0, 0.05) is 28.5 Å². The molecule has 0 fully saturated rings. The third kappa shape index (κ3) is 3.55. The summed E-state index contributed by atoms with van der Waals surface area (Å²) in [5.74, 6) is 0. The number of anilines is 1. The summed E-state index contributed by atoms with van der Waals surface area (Å²) in [6.45, 7) is 1.21. The molecule has 0 aliphatic carbocycles. The van der Waals surface area contributed by atoms with Crippen molar-refractivity contribution >= 4 is 21.6 Å². The first kappa shape index (κ1) is 13.1. The van der Waals surface area contributed by atoms with Gasteiger partial charge in [-0.3, -0.25) is 4.98 Å². The Kier molecular flexibility index (Phi) is 4.73. The van der Waals surface area contributed by atoms with E-state index >= 15 is 0 Å². The van der Waals surface area contributed by atoms with E-state index in [0.717, 1.165) is 27.8 Å². The van der Waals surface area contributed by atoms with Crippen LogP contribution in [0, 0.1) is 0 Å². The highest BCUT2D eigenvalue weighted by Gasteiger charge is 2.02. The Morgan fingerprint density at radius 2 is 2.06 bits per heavy atom. The molecule has 0 amide bonds. The molecule has 0 saturated carbocycles. The molecular formula is C14H15BrN2O. The van der Waals surface area contributed by atoms with Gasteiger partial charge < -0.3 is 10.5 Å². The van der Waals surface area contributed by atoms with E-state index in [0.29, 0.717) is 13.2 Å². The van der Waals surface area contributed by atoms with Crippen LogP contribution in [0.1, 0.15) is 11.3 Å². The molecule has 2 rings (SSSR count). The summed E-state index contributed by atoms with van der Waals surface area (Å²) >= 11 is 3.46. The molecule has 0 bridgehead atoms. The van der Waals surface area contributed by atoms with Crippen LogP contribution in [0.2, 0.25) is 0 Å². The smallest absolute Gasteiger partial charge is 0.0728 e. The molecule has 2 aromatic rings. The molecule has 0 saturated heterocycles. The molecule has 0 unspecified atom stereocenters. The molecule has 2 N–H and O–H groups in total. The van der Waals surface area contributed by atoms with Crippen molar-refractivity contribution in [1.82, 2.24) is 4.98 Å². The van der Waals surface area contributed by atoms with E-state index in [1.165, 1.54) is 0 Å². The summed E-state index contributed by atoms with van der Waals surface area (Å²) in [7, 11) is 0. The first-order chi connectivity index (χ1) is 8.77. The van der Waals surface area contributed by atoms with Crippen LogP contribution in [0.5, 0.6) is 0 Å². The molecule has 1 aromatic carbocycles. The Bertz CT molecular complexity index is 502. The predicted octanol–water partition coefficient (Wildman–Crippen LogP) is 3.19. The molecule has 18 heavy (non-hydrogen) atoms. The molecule has 0 radical (unpaired) electrons. The lowest BCUT2D eigenvalue weighted by atomic mass is 10.2. The Hall–Kier alpha value is -1.39. The van der Waals surface area contributed by atoms with E-state index in [2.05, 4.69) is 20.9 Å². The van der Waals surface area contributed by atoms with Gasteiger partial charge >= 0.3 is 0 Å². The molecule has 1 heterocycles. The largest absolute Gasteiger partial charge is 0.398 e. The fraction of sp³-hybridized carbons (Fsp3) is 0.214. The van der Waals surface area contributed by atoms with E-state index in [4.69, 9.17) is 10.5 Å². The Balaban J connectivity index is 1.81. The Labute approximate surface area is 115 Å². The number of nitrogens with two attached hydrogens (primary N) is 1. The fourth-order valence-electron chi connectivity index (χ4n) is 1.62. The zero-order valence-electron chi connectivity index (χ0n) is 9.97. The van der Waals surface area contributed by atoms with Crippen molar-refractivity contribution in [3.8, 4) is 0 Å². The number of aromatic nitrogens is 1. The highest BCUT2D eigenvalue weighted by atomic mass is 79.9. The summed E-state index contributed by atoms with van der Waals surface area (Å²) in [6, 6.07) is 11.7. The number of halogens is 1. The van der Waals surface area contributed by atoms with Gasteiger partial charge in [-0.25, -0.2) is 0 Å². The number of nitrogen functional groups attached to an aromatic ring is 1. The second-order valence-electron chi connectivity index (χ2n) is 3.94. The van der Waals surface area contributed by atoms with Crippen molar-refractivity contribution in [2.75, 3.05) is 12.3 Å². The highest BCUT2D eigenvalue weighted by molar-refractivity contribution is 9.10. The summed E-state index contributed by atoms with van der Waals surface area (Å²) in [5.41, 5.74) is 8.65. The van der Waals surface area contributed by atoms with Gasteiger partial charge in [-0.15, -0.1) is 0 Å². The van der Waals surface area contributed by atoms with Crippen LogP contribution in [0.3, 0.4) is 0 Å². The third-order valence-corrected chi connectivity index (χ3v) is 3.56. The Morgan fingerprint density at radius 1 is 1.17 bits per heavy atom. The van der Waals surface area contributed by atoms with Gasteiger partial charge in [0.1, 0.15) is 0 Å². The first-order valence-electron chi connectivity index (χ1n) is 5.78. The summed E-state index contributed by atoms with van der Waals surface area (Å²) in [6.07, 6.45) is 2.62. The lowest BCUT2D eigenvalue weighted by Crippen LogP contribution is -2.01. The number of hydrogen-bond donors (Lipinski definition) is 1. The van der Waals surface area contributed by atoms with Crippen LogP contribution < -0.4 is 5.73 Å². The highest BCUT2D eigenvalue weighted by Crippen LogP contribution is 2.24. The van der Waals surface area contributed by atoms with Gasteiger partial charge in [-0.2, -0.15) is 0 Å². The molecule has 1 aromatic heterocycles. The number of hydrogen-bond acceptors (Lipinski definition) is 3. The minimum atomic E-state index is 0.554. The first-order valence-corrected chi connectivity index (χ1v) is 6.57. The molecular weight excluding hydrogens is 292 g/mol. The molecule has 0 aliphatic rings. The predicted molar refractivity (Wildman–Crippen MR) is 76.2 cm³/mol. The fourth-order valence-corrected chi connectivity index (χ4v) is 1.99. The van der Waals surface area contributed by atoms with Crippen LogP contribution in [0.25, 0.3) is 0 Å². The van der Waals surface area contributed by atoms with E-state index in [9.17, 15) is 0 Å². The molecule has 0 spiro atoms. The molecule has 94 valence electrons. The van der Waals surface area contributed by atoms with Crippen LogP contribution in [0.4, 0.5) is 5.69 Å². The zero-order chi connectivity index (χ0) is 12.8. The maximum atomic E-state index is 5.80. The van der Waals surface area contributed by atoms with E-state index < -0.39 is 0 Å². The lowest BCUT2D eigenvalue weighted by molar-refractivity contribution is 0.123. The number of benzene rings is 1. The second-order valence-corrected chi connectivity index (χ2v) is 4.74. The monoisotopic (exact) mass is 306 g/mol. The van der Waals surface area contributed by atoms with Gasteiger partial charge in [0.05, 0.1) is 13.2 Å². The summed E-state index contributed by atoms with van der Waals surface area (Å²) < 4.78 is 6.55. The van der Waals surface area contributed by atoms with E-state index in [-0.39, 0.29) is 0 Å². The zero-order valence-corrected chi connectivity index (χ0v) is 11.6. The molecule has 0 aliphatic heterocycles. The van der Waals surface area contributed by atoms with Crippen molar-refractivity contribution in [2.24, 2.45) is 0 Å². The summed E-state index contributed by atoms with van der Waals surface area (Å²) in [4.78, 5) is 4.25. The number of rotatable bonds is 5. The van der Waals surface area contributed by atoms with Gasteiger partial charge in [0.25, 0.3) is 0 Å². The Morgan fingerprint density at radius 3 is 2.83 bits per heavy atom. The SMILES string of the molecule is Nc1cccc(COCCc2ccccn2)c1Br. The normalized spacial score (nSPS) is 10.5. The van der Waals surface area contributed by atoms with Crippen LogP contribution in [-0.4, -0.2) is 11.6 Å². The number of pyridine rings is 1. The van der Waals surface area contributed by atoms with E-state index in [1.807, 2.05) is 36.4 Å². The second kappa shape index (κ2) is 6.52. The van der Waals surface area contributed by atoms with Gasteiger partial charge in [-0.1, -0.05) is 18.2 Å². The van der Waals surface area contributed by atoms with Crippen LogP contribution in [0.15, 0.2) is 47.1 Å². The van der Waals surface area contributed by atoms with Crippen molar-refractivity contribution in [2.45, 2.75) is 13.0 Å². The van der Waals surface area contributed by atoms with Gasteiger partial charge in [0.15, 0.2) is 0 Å². The molecule has 4 heteroatoms. The van der Waals surface area contributed by atoms with Crippen molar-refractivity contribution in [3.63, 3.8) is 0 Å². The molecule has 0 atom stereocenters. The standard InChI is InChI=1S/C14H15BrN2O/c15-14-11(4-3-6-13(14)16)10-18-9-7-12-5-1-2-8-17-12/h1-6,8H,7,9-10,16H2. The lowest BCUT2D eigenvalue weighted by Gasteiger charge is -2.07. The van der Waals surface area contributed by atoms with Crippen molar-refractivity contribution in [1.29, 1.82) is 0 Å². The minimum absolute atomic E-state index is 0.554. The summed E-state index contributed by atoms with van der Waals surface area (Å²) in [5, 5.41) is 0. The van der Waals surface area contributed by atoms with Gasteiger partial charge in [-0.05, 0) is 39.7 Å². The number of nitrogens with zero attached hydrogens (tertiary/aromatic N) is 1. The quantitative estimate of drug-likeness (QED) is 0.682. The number of ether oxygens (including phenoxy) is 1. The average molecular weight is 307 g/mol. The maximum Gasteiger partial charge on any atom is 0.0728 e. The minimum Gasteiger partial charge on any atom is -0.398 e. The topological polar surface area (TPSA) is 48.1 Å². The third-order valence-electron chi connectivity index (χ3n) is 2.59. The van der Waals surface area contributed by atoms with Crippen molar-refractivity contribution < 1.29 is 4.74 Å². The van der Waals surface area contributed by atoms with Gasteiger partial charge in [0.2, 0.25) is 0 Å². The van der Waals surface area contributed by atoms with E-state index in [1.54, 1.807) is 6.20 Å². The van der Waals surface area contributed by atoms with Crippen LogP contribution >= 0.6 is 15.9 Å². The van der Waals surface area contributed by atoms with Crippen LogP contribution in [-0.2, 0) is 17.8 Å². The maximum absolute atomic E-state index is 5.80. The average Bonchev–Trinajstić information content (AvgIpc) is 2.40. The van der Waals surface area contributed by atoms with Crippen molar-refractivity contribution in [3.05, 3.63) is 58.3 Å².